The van der Waals surface area contributed by atoms with Gasteiger partial charge in [0.2, 0.25) is 0 Å². The van der Waals surface area contributed by atoms with Crippen LogP contribution in [0, 0.1) is 0 Å². The lowest BCUT2D eigenvalue weighted by Crippen LogP contribution is -2.26. The average Bonchev–Trinajstić information content (AvgIpc) is 1.98. The molecule has 0 aromatic carbocycles. The van der Waals surface area contributed by atoms with E-state index in [1.54, 1.807) is 18.9 Å². The SMILES string of the molecule is CCN(C)/C(=C\C(C)N)C(=O)O. The monoisotopic (exact) mass is 172 g/mol. The molecule has 0 aromatic rings. The van der Waals surface area contributed by atoms with Gasteiger partial charge in [-0.05, 0) is 19.9 Å². The van der Waals surface area contributed by atoms with Crippen molar-refractivity contribution in [2.24, 2.45) is 5.73 Å². The summed E-state index contributed by atoms with van der Waals surface area (Å²) in [6, 6.07) is -0.231. The number of carbonyl (C=O) groups is 1. The Bertz CT molecular complexity index is 187. The quantitative estimate of drug-likeness (QED) is 0.597. The predicted octanol–water partition coefficient (Wildman–Crippen LogP) is 0.254. The summed E-state index contributed by atoms with van der Waals surface area (Å²) >= 11 is 0. The summed E-state index contributed by atoms with van der Waals surface area (Å²) in [7, 11) is 1.72. The van der Waals surface area contributed by atoms with Gasteiger partial charge in [0.1, 0.15) is 5.70 Å². The van der Waals surface area contributed by atoms with Gasteiger partial charge in [-0.3, -0.25) is 0 Å². The van der Waals surface area contributed by atoms with E-state index in [4.69, 9.17) is 10.8 Å². The highest BCUT2D eigenvalue weighted by Crippen LogP contribution is 2.01. The van der Waals surface area contributed by atoms with Crippen molar-refractivity contribution in [3.8, 4) is 0 Å². The third kappa shape index (κ3) is 3.39. The van der Waals surface area contributed by atoms with Crippen LogP contribution in [0.2, 0.25) is 0 Å². The van der Waals surface area contributed by atoms with Crippen molar-refractivity contribution in [1.82, 2.24) is 4.90 Å². The van der Waals surface area contributed by atoms with Crippen molar-refractivity contribution in [3.63, 3.8) is 0 Å². The molecule has 0 aromatic heterocycles. The lowest BCUT2D eigenvalue weighted by atomic mass is 10.2. The van der Waals surface area contributed by atoms with E-state index >= 15 is 0 Å². The Morgan fingerprint density at radius 1 is 1.75 bits per heavy atom. The third-order valence-electron chi connectivity index (χ3n) is 1.53. The summed E-state index contributed by atoms with van der Waals surface area (Å²) in [5, 5.41) is 8.76. The van der Waals surface area contributed by atoms with E-state index in [0.29, 0.717) is 6.54 Å². The molecule has 0 aliphatic rings. The minimum absolute atomic E-state index is 0.231. The molecule has 4 nitrogen and oxygen atoms in total. The maximum Gasteiger partial charge on any atom is 0.351 e. The zero-order valence-electron chi connectivity index (χ0n) is 7.74. The molecule has 0 aliphatic carbocycles. The molecule has 0 rings (SSSR count). The first-order valence-electron chi connectivity index (χ1n) is 3.90. The molecular weight excluding hydrogens is 156 g/mol. The number of aliphatic carboxylic acids is 1. The second kappa shape index (κ2) is 4.77. The van der Waals surface area contributed by atoms with E-state index in [2.05, 4.69) is 0 Å². The highest BCUT2D eigenvalue weighted by molar-refractivity contribution is 5.85. The zero-order valence-corrected chi connectivity index (χ0v) is 7.74. The molecule has 1 atom stereocenters. The summed E-state index contributed by atoms with van der Waals surface area (Å²) in [6.07, 6.45) is 1.53. The van der Waals surface area contributed by atoms with Gasteiger partial charge in [0.25, 0.3) is 0 Å². The van der Waals surface area contributed by atoms with Crippen LogP contribution in [0.3, 0.4) is 0 Å². The molecule has 0 saturated carbocycles. The highest BCUT2D eigenvalue weighted by atomic mass is 16.4. The number of likely N-dealkylation sites (N-methyl/N-ethyl adjacent to an activating group) is 1. The number of hydrogen-bond donors (Lipinski definition) is 2. The van der Waals surface area contributed by atoms with Gasteiger partial charge in [0, 0.05) is 19.6 Å². The Kier molecular flexibility index (Phi) is 4.36. The Labute approximate surface area is 72.7 Å². The fourth-order valence-corrected chi connectivity index (χ4v) is 0.781. The molecule has 0 heterocycles. The topological polar surface area (TPSA) is 66.6 Å². The highest BCUT2D eigenvalue weighted by Gasteiger charge is 2.11. The lowest BCUT2D eigenvalue weighted by Gasteiger charge is -2.17. The molecule has 0 aliphatic heterocycles. The van der Waals surface area contributed by atoms with Gasteiger partial charge in [0.05, 0.1) is 0 Å². The molecule has 70 valence electrons. The van der Waals surface area contributed by atoms with Crippen molar-refractivity contribution in [2.45, 2.75) is 19.9 Å². The van der Waals surface area contributed by atoms with Crippen LogP contribution >= 0.6 is 0 Å². The average molecular weight is 172 g/mol. The molecule has 3 N–H and O–H groups in total. The zero-order chi connectivity index (χ0) is 9.72. The van der Waals surface area contributed by atoms with Gasteiger partial charge >= 0.3 is 5.97 Å². The molecule has 0 spiro atoms. The summed E-state index contributed by atoms with van der Waals surface area (Å²) in [6.45, 7) is 4.29. The van der Waals surface area contributed by atoms with Crippen LogP contribution in [0.1, 0.15) is 13.8 Å². The summed E-state index contributed by atoms with van der Waals surface area (Å²) in [4.78, 5) is 12.3. The van der Waals surface area contributed by atoms with Crippen molar-refractivity contribution in [1.29, 1.82) is 0 Å². The second-order valence-corrected chi connectivity index (χ2v) is 2.73. The van der Waals surface area contributed by atoms with E-state index < -0.39 is 5.97 Å². The number of carboxylic acids is 1. The Balaban J connectivity index is 4.54. The first-order chi connectivity index (χ1) is 5.49. The van der Waals surface area contributed by atoms with Crippen molar-refractivity contribution >= 4 is 5.97 Å². The van der Waals surface area contributed by atoms with Gasteiger partial charge in [-0.25, -0.2) is 4.79 Å². The van der Waals surface area contributed by atoms with E-state index in [0.717, 1.165) is 0 Å². The summed E-state index contributed by atoms with van der Waals surface area (Å²) in [5.74, 6) is -0.934. The van der Waals surface area contributed by atoms with Crippen LogP contribution in [-0.2, 0) is 4.79 Å². The first-order valence-corrected chi connectivity index (χ1v) is 3.90. The van der Waals surface area contributed by atoms with E-state index in [-0.39, 0.29) is 11.7 Å². The smallest absolute Gasteiger partial charge is 0.351 e. The van der Waals surface area contributed by atoms with Gasteiger partial charge in [-0.1, -0.05) is 0 Å². The van der Waals surface area contributed by atoms with Crippen LogP contribution in [0.25, 0.3) is 0 Å². The number of nitrogens with two attached hydrogens (primary N) is 1. The minimum atomic E-state index is -0.934. The van der Waals surface area contributed by atoms with E-state index in [1.807, 2.05) is 6.92 Å². The number of hydrogen-bond acceptors (Lipinski definition) is 3. The van der Waals surface area contributed by atoms with Crippen LogP contribution < -0.4 is 5.73 Å². The first kappa shape index (κ1) is 11.0. The van der Waals surface area contributed by atoms with Crippen LogP contribution in [-0.4, -0.2) is 35.6 Å². The number of nitrogens with zero attached hydrogens (tertiary/aromatic N) is 1. The normalized spacial score (nSPS) is 14.2. The molecular formula is C8H16N2O2. The molecule has 0 amide bonds. The number of rotatable bonds is 4. The minimum Gasteiger partial charge on any atom is -0.477 e. The second-order valence-electron chi connectivity index (χ2n) is 2.73. The molecule has 0 bridgehead atoms. The molecule has 0 saturated heterocycles. The molecule has 12 heavy (non-hydrogen) atoms. The molecule has 0 fully saturated rings. The van der Waals surface area contributed by atoms with E-state index in [1.165, 1.54) is 6.08 Å². The Morgan fingerprint density at radius 2 is 2.25 bits per heavy atom. The Hall–Kier alpha value is -1.03. The van der Waals surface area contributed by atoms with Crippen LogP contribution in [0.5, 0.6) is 0 Å². The fraction of sp³-hybridized carbons (Fsp3) is 0.625. The largest absolute Gasteiger partial charge is 0.477 e. The van der Waals surface area contributed by atoms with Gasteiger partial charge < -0.3 is 15.7 Å². The Morgan fingerprint density at radius 3 is 2.50 bits per heavy atom. The summed E-state index contributed by atoms with van der Waals surface area (Å²) in [5.41, 5.74) is 5.71. The summed E-state index contributed by atoms with van der Waals surface area (Å²) < 4.78 is 0. The van der Waals surface area contributed by atoms with Gasteiger partial charge in [-0.15, -0.1) is 0 Å². The fourth-order valence-electron chi connectivity index (χ4n) is 0.781. The van der Waals surface area contributed by atoms with Crippen molar-refractivity contribution in [2.75, 3.05) is 13.6 Å². The van der Waals surface area contributed by atoms with Crippen LogP contribution in [0.15, 0.2) is 11.8 Å². The molecule has 4 heteroatoms. The standard InChI is InChI=1S/C8H16N2O2/c1-4-10(3)7(8(11)12)5-6(2)9/h5-6H,4,9H2,1-3H3,(H,11,12)/b7-5-. The van der Waals surface area contributed by atoms with Gasteiger partial charge in [0.15, 0.2) is 0 Å². The lowest BCUT2D eigenvalue weighted by molar-refractivity contribution is -0.134. The molecule has 0 radical (unpaired) electrons. The van der Waals surface area contributed by atoms with Crippen LogP contribution in [0.4, 0.5) is 0 Å². The molecule has 1 unspecified atom stereocenters. The number of carboxylic acid groups (broad SMARTS) is 1. The predicted molar refractivity (Wildman–Crippen MR) is 47.7 cm³/mol. The maximum atomic E-state index is 10.7. The van der Waals surface area contributed by atoms with E-state index in [9.17, 15) is 4.79 Å². The van der Waals surface area contributed by atoms with Gasteiger partial charge in [-0.2, -0.15) is 0 Å². The van der Waals surface area contributed by atoms with Crippen molar-refractivity contribution in [3.05, 3.63) is 11.8 Å². The third-order valence-corrected chi connectivity index (χ3v) is 1.53. The maximum absolute atomic E-state index is 10.7. The van der Waals surface area contributed by atoms with Crippen molar-refractivity contribution < 1.29 is 9.90 Å².